The number of aryl methyl sites for hydroxylation is 3. The Morgan fingerprint density at radius 3 is 2.79 bits per heavy atom. The largest absolute Gasteiger partial charge is 0.359 e. The summed E-state index contributed by atoms with van der Waals surface area (Å²) in [5, 5.41) is 8.27. The fourth-order valence-electron chi connectivity index (χ4n) is 2.29. The molecule has 0 amide bonds. The van der Waals surface area contributed by atoms with Crippen LogP contribution in [-0.2, 0) is 19.5 Å². The third-order valence-electron chi connectivity index (χ3n) is 3.08. The fourth-order valence-corrected chi connectivity index (χ4v) is 2.50. The van der Waals surface area contributed by atoms with Crippen molar-refractivity contribution in [3.8, 4) is 0 Å². The molecule has 0 fully saturated rings. The summed E-state index contributed by atoms with van der Waals surface area (Å²) in [6.45, 7) is 4.39. The van der Waals surface area contributed by atoms with Crippen molar-refractivity contribution >= 4 is 22.8 Å². The van der Waals surface area contributed by atoms with Crippen molar-refractivity contribution in [1.82, 2.24) is 24.5 Å². The molecule has 7 heteroatoms. The van der Waals surface area contributed by atoms with Gasteiger partial charge in [0.25, 0.3) is 0 Å². The second-order valence-electron chi connectivity index (χ2n) is 4.56. The Kier molecular flexibility index (Phi) is 2.82. The number of alkyl halides is 1. The van der Waals surface area contributed by atoms with Gasteiger partial charge in [-0.15, -0.1) is 11.6 Å². The predicted molar refractivity (Wildman–Crippen MR) is 71.1 cm³/mol. The monoisotopic (exact) mass is 279 g/mol. The lowest BCUT2D eigenvalue weighted by atomic mass is 10.4. The van der Waals surface area contributed by atoms with Gasteiger partial charge < -0.3 is 9.09 Å². The molecule has 0 bridgehead atoms. The smallest absolute Gasteiger partial charge is 0.159 e. The minimum Gasteiger partial charge on any atom is -0.359 e. The van der Waals surface area contributed by atoms with Crippen LogP contribution in [0.1, 0.15) is 23.0 Å². The number of halogens is 1. The Morgan fingerprint density at radius 1 is 1.37 bits per heavy atom. The maximum atomic E-state index is 5.98. The second-order valence-corrected chi connectivity index (χ2v) is 4.83. The molecular formula is C12H14ClN5O. The molecule has 100 valence electrons. The average Bonchev–Trinajstić information content (AvgIpc) is 3.00. The van der Waals surface area contributed by atoms with Crippen molar-refractivity contribution in [2.24, 2.45) is 7.05 Å². The van der Waals surface area contributed by atoms with Crippen LogP contribution in [-0.4, -0.2) is 24.5 Å². The Bertz CT molecular complexity index is 739. The van der Waals surface area contributed by atoms with E-state index < -0.39 is 0 Å². The molecule has 3 heterocycles. The van der Waals surface area contributed by atoms with Gasteiger partial charge in [-0.05, 0) is 13.8 Å². The van der Waals surface area contributed by atoms with Gasteiger partial charge in [0.05, 0.1) is 23.8 Å². The highest BCUT2D eigenvalue weighted by atomic mass is 35.5. The number of hydrogen-bond donors (Lipinski definition) is 0. The van der Waals surface area contributed by atoms with Gasteiger partial charge in [0.1, 0.15) is 11.3 Å². The van der Waals surface area contributed by atoms with Crippen molar-refractivity contribution in [1.29, 1.82) is 0 Å². The zero-order valence-electron chi connectivity index (χ0n) is 11.0. The summed E-state index contributed by atoms with van der Waals surface area (Å²) >= 11 is 5.98. The first kappa shape index (κ1) is 12.2. The molecule has 3 aromatic rings. The Hall–Kier alpha value is -1.82. The quantitative estimate of drug-likeness (QED) is 0.689. The highest BCUT2D eigenvalue weighted by Crippen LogP contribution is 2.21. The fraction of sp³-hybridized carbons (Fsp3) is 0.417. The van der Waals surface area contributed by atoms with E-state index in [0.717, 1.165) is 34.1 Å². The molecule has 0 saturated heterocycles. The predicted octanol–water partition coefficient (Wildman–Crippen LogP) is 2.16. The van der Waals surface area contributed by atoms with E-state index in [1.54, 1.807) is 0 Å². The first-order valence-corrected chi connectivity index (χ1v) is 6.50. The van der Waals surface area contributed by atoms with E-state index in [4.69, 9.17) is 16.1 Å². The molecule has 0 aliphatic rings. The van der Waals surface area contributed by atoms with Crippen molar-refractivity contribution in [2.75, 3.05) is 0 Å². The van der Waals surface area contributed by atoms with Crippen molar-refractivity contribution in [3.05, 3.63) is 29.0 Å². The van der Waals surface area contributed by atoms with Gasteiger partial charge in [0.2, 0.25) is 0 Å². The number of imidazole rings is 1. The Balaban J connectivity index is 2.15. The van der Waals surface area contributed by atoms with Crippen LogP contribution in [0.5, 0.6) is 0 Å². The van der Waals surface area contributed by atoms with Crippen LogP contribution in [0.3, 0.4) is 0 Å². The van der Waals surface area contributed by atoms with Crippen LogP contribution in [0.15, 0.2) is 10.6 Å². The zero-order valence-corrected chi connectivity index (χ0v) is 11.8. The number of fused-ring (bicyclic) bond motifs is 1. The number of aromatic nitrogens is 5. The van der Waals surface area contributed by atoms with Crippen molar-refractivity contribution < 1.29 is 4.52 Å². The molecule has 3 aromatic heterocycles. The van der Waals surface area contributed by atoms with Crippen LogP contribution in [0.4, 0.5) is 0 Å². The summed E-state index contributed by atoms with van der Waals surface area (Å²) < 4.78 is 9.09. The molecule has 3 rings (SSSR count). The Morgan fingerprint density at radius 2 is 2.16 bits per heavy atom. The number of hydrogen-bond acceptors (Lipinski definition) is 4. The minimum absolute atomic E-state index is 0.348. The second kappa shape index (κ2) is 4.38. The summed E-state index contributed by atoms with van der Waals surface area (Å²) in [5.41, 5.74) is 3.59. The maximum absolute atomic E-state index is 5.98. The van der Waals surface area contributed by atoms with Crippen LogP contribution in [0.2, 0.25) is 0 Å². The molecular weight excluding hydrogens is 266 g/mol. The van der Waals surface area contributed by atoms with Crippen LogP contribution in [0.25, 0.3) is 11.2 Å². The molecule has 0 radical (unpaired) electrons. The first-order valence-electron chi connectivity index (χ1n) is 5.97. The van der Waals surface area contributed by atoms with Crippen molar-refractivity contribution in [3.63, 3.8) is 0 Å². The van der Waals surface area contributed by atoms with Gasteiger partial charge in [-0.25, -0.2) is 4.98 Å². The van der Waals surface area contributed by atoms with E-state index in [2.05, 4.69) is 15.2 Å². The molecule has 0 saturated carbocycles. The van der Waals surface area contributed by atoms with E-state index in [1.807, 2.05) is 36.2 Å². The molecule has 0 aliphatic heterocycles. The number of rotatable bonds is 3. The van der Waals surface area contributed by atoms with E-state index in [9.17, 15) is 0 Å². The summed E-state index contributed by atoms with van der Waals surface area (Å²) in [6, 6.07) is 1.91. The van der Waals surface area contributed by atoms with Gasteiger partial charge in [-0.2, -0.15) is 5.10 Å². The lowest BCUT2D eigenvalue weighted by Crippen LogP contribution is -2.07. The SMILES string of the molecule is Cc1cc(Cn2c(CCl)nc3c(C)nn(C)c32)on1. The van der Waals surface area contributed by atoms with Crippen LogP contribution < -0.4 is 0 Å². The van der Waals surface area contributed by atoms with Gasteiger partial charge >= 0.3 is 0 Å². The third-order valence-corrected chi connectivity index (χ3v) is 3.32. The van der Waals surface area contributed by atoms with Crippen molar-refractivity contribution in [2.45, 2.75) is 26.3 Å². The Labute approximate surface area is 115 Å². The third kappa shape index (κ3) is 1.92. The average molecular weight is 280 g/mol. The topological polar surface area (TPSA) is 61.7 Å². The number of nitrogens with zero attached hydrogens (tertiary/aromatic N) is 5. The molecule has 0 atom stereocenters. The minimum atomic E-state index is 0.348. The highest BCUT2D eigenvalue weighted by Gasteiger charge is 2.18. The summed E-state index contributed by atoms with van der Waals surface area (Å²) in [7, 11) is 1.90. The lowest BCUT2D eigenvalue weighted by molar-refractivity contribution is 0.372. The summed E-state index contributed by atoms with van der Waals surface area (Å²) in [4.78, 5) is 4.54. The van der Waals surface area contributed by atoms with E-state index in [1.165, 1.54) is 0 Å². The molecule has 6 nitrogen and oxygen atoms in total. The van der Waals surface area contributed by atoms with Crippen LogP contribution >= 0.6 is 11.6 Å². The highest BCUT2D eigenvalue weighted by molar-refractivity contribution is 6.16. The molecule has 0 aromatic carbocycles. The van der Waals surface area contributed by atoms with Gasteiger partial charge in [0.15, 0.2) is 11.4 Å². The standard InChI is InChI=1S/C12H14ClN5O/c1-7-4-9(19-16-7)6-18-10(5-13)14-11-8(2)15-17(3)12(11)18/h4H,5-6H2,1-3H3. The van der Waals surface area contributed by atoms with Gasteiger partial charge in [0, 0.05) is 13.1 Å². The summed E-state index contributed by atoms with van der Waals surface area (Å²) in [6.07, 6.45) is 0. The maximum Gasteiger partial charge on any atom is 0.159 e. The van der Waals surface area contributed by atoms with Gasteiger partial charge in [-0.1, -0.05) is 5.16 Å². The van der Waals surface area contributed by atoms with Crippen LogP contribution in [0, 0.1) is 13.8 Å². The van der Waals surface area contributed by atoms with Gasteiger partial charge in [-0.3, -0.25) is 4.68 Å². The molecule has 0 unspecified atom stereocenters. The molecule has 0 N–H and O–H groups in total. The first-order chi connectivity index (χ1) is 9.10. The lowest BCUT2D eigenvalue weighted by Gasteiger charge is -2.05. The normalized spacial score (nSPS) is 11.6. The summed E-state index contributed by atoms with van der Waals surface area (Å²) in [5.74, 6) is 1.94. The molecule has 19 heavy (non-hydrogen) atoms. The van der Waals surface area contributed by atoms with E-state index in [0.29, 0.717) is 12.4 Å². The zero-order chi connectivity index (χ0) is 13.6. The van der Waals surface area contributed by atoms with E-state index in [-0.39, 0.29) is 0 Å². The van der Waals surface area contributed by atoms with E-state index >= 15 is 0 Å². The molecule has 0 aliphatic carbocycles. The molecule has 0 spiro atoms.